The lowest BCUT2D eigenvalue weighted by Crippen LogP contribution is -2.45. The van der Waals surface area contributed by atoms with Gasteiger partial charge in [0.25, 0.3) is 10.2 Å². The first-order valence-electron chi connectivity index (χ1n) is 8.39. The Morgan fingerprint density at radius 1 is 1.23 bits per heavy atom. The molecule has 1 aliphatic rings. The molecule has 0 amide bonds. The van der Waals surface area contributed by atoms with Crippen molar-refractivity contribution in [3.63, 3.8) is 0 Å². The van der Waals surface area contributed by atoms with E-state index in [4.69, 9.17) is 5.73 Å². The van der Waals surface area contributed by atoms with Gasteiger partial charge in [-0.15, -0.1) is 0 Å². The summed E-state index contributed by atoms with van der Waals surface area (Å²) in [6.07, 6.45) is 3.67. The van der Waals surface area contributed by atoms with Gasteiger partial charge in [-0.05, 0) is 18.9 Å². The number of benzene rings is 1. The Hall–Kier alpha value is -2.10. The number of hydrogen-bond acceptors (Lipinski definition) is 5. The van der Waals surface area contributed by atoms with Gasteiger partial charge in [-0.3, -0.25) is 0 Å². The molecule has 2 aromatic rings. The average molecular weight is 379 g/mol. The van der Waals surface area contributed by atoms with Gasteiger partial charge in [0.15, 0.2) is 0 Å². The molecule has 1 aromatic carbocycles. The maximum atomic E-state index is 14.4. The highest BCUT2D eigenvalue weighted by Gasteiger charge is 2.37. The van der Waals surface area contributed by atoms with Crippen LogP contribution in [-0.2, 0) is 10.2 Å². The molecule has 0 bridgehead atoms. The Labute approximate surface area is 152 Å². The Bertz CT molecular complexity index is 904. The van der Waals surface area contributed by atoms with Crippen LogP contribution in [0.5, 0.6) is 0 Å². The fraction of sp³-hybridized carbons (Fsp3) is 0.412. The van der Waals surface area contributed by atoms with Gasteiger partial charge < -0.3 is 5.73 Å². The molecule has 2 N–H and O–H groups in total. The summed E-state index contributed by atoms with van der Waals surface area (Å²) in [6.45, 7) is 0.381. The third kappa shape index (κ3) is 3.42. The summed E-state index contributed by atoms with van der Waals surface area (Å²) in [5.74, 6) is -0.382. The van der Waals surface area contributed by atoms with E-state index in [-0.39, 0.29) is 5.95 Å². The molecule has 1 aliphatic heterocycles. The molecule has 0 aliphatic carbocycles. The van der Waals surface area contributed by atoms with E-state index < -0.39 is 22.1 Å². The van der Waals surface area contributed by atoms with Gasteiger partial charge >= 0.3 is 0 Å². The van der Waals surface area contributed by atoms with Crippen molar-refractivity contribution in [1.82, 2.24) is 18.6 Å². The lowest BCUT2D eigenvalue weighted by Gasteiger charge is -2.36. The predicted molar refractivity (Wildman–Crippen MR) is 97.7 cm³/mol. The molecule has 140 valence electrons. The topological polar surface area (TPSA) is 92.4 Å². The van der Waals surface area contributed by atoms with Crippen molar-refractivity contribution in [3.05, 3.63) is 42.0 Å². The second-order valence-corrected chi connectivity index (χ2v) is 8.51. The summed E-state index contributed by atoms with van der Waals surface area (Å²) in [7, 11) is -0.661. The van der Waals surface area contributed by atoms with Crippen LogP contribution in [0.2, 0.25) is 0 Å². The van der Waals surface area contributed by atoms with Crippen LogP contribution in [0.4, 0.5) is 10.3 Å². The number of aromatic nitrogens is 2. The smallest absolute Gasteiger partial charge is 0.282 e. The zero-order chi connectivity index (χ0) is 18.9. The second kappa shape index (κ2) is 7.26. The van der Waals surface area contributed by atoms with Gasteiger partial charge in [0.05, 0.1) is 11.7 Å². The molecule has 1 fully saturated rings. The SMILES string of the molecule is CN(C)S(=O)(=O)N1CCCCC1c1nc(N)ncc1-c1ccccc1F. The Balaban J connectivity index is 2.16. The summed E-state index contributed by atoms with van der Waals surface area (Å²) in [6, 6.07) is 5.77. The van der Waals surface area contributed by atoms with Gasteiger partial charge in [0.2, 0.25) is 5.95 Å². The Morgan fingerprint density at radius 3 is 2.65 bits per heavy atom. The largest absolute Gasteiger partial charge is 0.368 e. The molecule has 1 aromatic heterocycles. The van der Waals surface area contributed by atoms with Crippen molar-refractivity contribution in [2.45, 2.75) is 25.3 Å². The summed E-state index contributed by atoms with van der Waals surface area (Å²) in [5, 5.41) is 0. The van der Waals surface area contributed by atoms with Gasteiger partial charge in [-0.2, -0.15) is 17.0 Å². The third-order valence-corrected chi connectivity index (χ3v) is 6.48. The summed E-state index contributed by atoms with van der Waals surface area (Å²) >= 11 is 0. The summed E-state index contributed by atoms with van der Waals surface area (Å²) in [4.78, 5) is 8.31. The van der Waals surface area contributed by atoms with Crippen molar-refractivity contribution in [3.8, 4) is 11.1 Å². The number of halogens is 1. The van der Waals surface area contributed by atoms with Crippen molar-refractivity contribution < 1.29 is 12.8 Å². The van der Waals surface area contributed by atoms with Gasteiger partial charge in [0, 0.05) is 38.0 Å². The maximum Gasteiger partial charge on any atom is 0.282 e. The minimum atomic E-state index is -3.65. The van der Waals surface area contributed by atoms with E-state index in [0.29, 0.717) is 29.8 Å². The van der Waals surface area contributed by atoms with E-state index in [1.54, 1.807) is 18.2 Å². The first kappa shape index (κ1) is 18.7. The molecule has 1 unspecified atom stereocenters. The lowest BCUT2D eigenvalue weighted by molar-refractivity contribution is 0.239. The van der Waals surface area contributed by atoms with Gasteiger partial charge in [-0.25, -0.2) is 14.4 Å². The average Bonchev–Trinajstić information content (AvgIpc) is 2.62. The van der Waals surface area contributed by atoms with Crippen LogP contribution >= 0.6 is 0 Å². The van der Waals surface area contributed by atoms with Crippen molar-refractivity contribution in [2.24, 2.45) is 0 Å². The number of hydrogen-bond donors (Lipinski definition) is 1. The number of piperidine rings is 1. The van der Waals surface area contributed by atoms with Crippen molar-refractivity contribution in [1.29, 1.82) is 0 Å². The molecule has 1 atom stereocenters. The third-order valence-electron chi connectivity index (χ3n) is 4.53. The number of rotatable bonds is 4. The highest BCUT2D eigenvalue weighted by atomic mass is 32.2. The minimum absolute atomic E-state index is 0.0351. The van der Waals surface area contributed by atoms with Crippen molar-refractivity contribution >= 4 is 16.2 Å². The molecule has 0 saturated carbocycles. The minimum Gasteiger partial charge on any atom is -0.368 e. The number of nitrogens with zero attached hydrogens (tertiary/aromatic N) is 4. The standard InChI is InChI=1S/C17H22FN5O2S/c1-22(2)26(24,25)23-10-6-5-9-15(23)16-13(11-20-17(19)21-16)12-7-3-4-8-14(12)18/h3-4,7-8,11,15H,5-6,9-10H2,1-2H3,(H2,19,20,21). The van der Waals surface area contributed by atoms with Crippen LogP contribution in [0.3, 0.4) is 0 Å². The molecule has 26 heavy (non-hydrogen) atoms. The quantitative estimate of drug-likeness (QED) is 0.879. The van der Waals surface area contributed by atoms with Crippen LogP contribution in [0.25, 0.3) is 11.1 Å². The zero-order valence-electron chi connectivity index (χ0n) is 14.8. The predicted octanol–water partition coefficient (Wildman–Crippen LogP) is 2.20. The summed E-state index contributed by atoms with van der Waals surface area (Å²) < 4.78 is 42.5. The number of anilines is 1. The summed E-state index contributed by atoms with van der Waals surface area (Å²) in [5.41, 5.74) is 7.00. The van der Waals surface area contributed by atoms with Crippen LogP contribution in [0.1, 0.15) is 31.0 Å². The normalized spacial score (nSPS) is 19.0. The van der Waals surface area contributed by atoms with E-state index in [2.05, 4.69) is 9.97 Å². The molecular formula is C17H22FN5O2S. The monoisotopic (exact) mass is 379 g/mol. The molecular weight excluding hydrogens is 357 g/mol. The highest BCUT2D eigenvalue weighted by Crippen LogP contribution is 2.38. The van der Waals surface area contributed by atoms with E-state index in [1.807, 2.05) is 0 Å². The molecule has 0 spiro atoms. The molecule has 3 rings (SSSR count). The van der Waals surface area contributed by atoms with E-state index in [0.717, 1.165) is 12.8 Å². The first-order valence-corrected chi connectivity index (χ1v) is 9.78. The van der Waals surface area contributed by atoms with E-state index in [9.17, 15) is 12.8 Å². The van der Waals surface area contributed by atoms with Crippen LogP contribution in [0, 0.1) is 5.82 Å². The van der Waals surface area contributed by atoms with E-state index >= 15 is 0 Å². The molecule has 7 nitrogen and oxygen atoms in total. The van der Waals surface area contributed by atoms with Gasteiger partial charge in [-0.1, -0.05) is 24.6 Å². The molecule has 9 heteroatoms. The number of nitrogens with two attached hydrogens (primary N) is 1. The molecule has 1 saturated heterocycles. The first-order chi connectivity index (χ1) is 12.3. The number of nitrogen functional groups attached to an aromatic ring is 1. The second-order valence-electron chi connectivity index (χ2n) is 6.42. The zero-order valence-corrected chi connectivity index (χ0v) is 15.6. The fourth-order valence-electron chi connectivity index (χ4n) is 3.21. The maximum absolute atomic E-state index is 14.4. The van der Waals surface area contributed by atoms with E-state index in [1.165, 1.54) is 35.0 Å². The highest BCUT2D eigenvalue weighted by molar-refractivity contribution is 7.86. The molecule has 0 radical (unpaired) electrons. The van der Waals surface area contributed by atoms with Crippen LogP contribution < -0.4 is 5.73 Å². The Morgan fingerprint density at radius 2 is 1.96 bits per heavy atom. The van der Waals surface area contributed by atoms with Crippen LogP contribution in [-0.4, -0.2) is 47.6 Å². The Kier molecular flexibility index (Phi) is 5.22. The van der Waals surface area contributed by atoms with Crippen molar-refractivity contribution in [2.75, 3.05) is 26.4 Å². The lowest BCUT2D eigenvalue weighted by atomic mass is 9.95. The van der Waals surface area contributed by atoms with Crippen LogP contribution in [0.15, 0.2) is 30.5 Å². The van der Waals surface area contributed by atoms with Gasteiger partial charge in [0.1, 0.15) is 5.82 Å². The fourth-order valence-corrected chi connectivity index (χ4v) is 4.52. The molecule has 2 heterocycles.